The van der Waals surface area contributed by atoms with Crippen molar-refractivity contribution in [2.24, 2.45) is 0 Å². The van der Waals surface area contributed by atoms with Crippen LogP contribution in [0.4, 0.5) is 0 Å². The predicted molar refractivity (Wildman–Crippen MR) is 151 cm³/mol. The number of rotatable bonds is 19. The fourth-order valence-electron chi connectivity index (χ4n) is 1.92. The zero-order chi connectivity index (χ0) is 23.0. The molecule has 1 N–H and O–H groups in total. The Hall–Kier alpha value is 1.14. The van der Waals surface area contributed by atoms with Crippen molar-refractivity contribution in [1.82, 2.24) is 15.1 Å². The average Bonchev–Trinajstić information content (AvgIpc) is 2.74. The van der Waals surface area contributed by atoms with E-state index in [0.29, 0.717) is 47.4 Å². The van der Waals surface area contributed by atoms with Gasteiger partial charge in [-0.25, -0.2) is 0 Å². The van der Waals surface area contributed by atoms with E-state index in [1.807, 2.05) is 6.92 Å². The zero-order valence-electron chi connectivity index (χ0n) is 20.0. The normalized spacial score (nSPS) is 10.1. The minimum atomic E-state index is 0. The van der Waals surface area contributed by atoms with Crippen LogP contribution in [-0.2, 0) is 9.59 Å². The molecule has 0 aromatic carbocycles. The molecule has 0 unspecified atom stereocenters. The van der Waals surface area contributed by atoms with Gasteiger partial charge in [-0.05, 0) is 0 Å². The topological polar surface area (TPSA) is 52.7 Å². The van der Waals surface area contributed by atoms with Crippen LogP contribution in [0.2, 0.25) is 42.6 Å². The quantitative estimate of drug-likeness (QED) is 0.162. The number of ketones is 1. The van der Waals surface area contributed by atoms with Crippen molar-refractivity contribution in [1.29, 1.82) is 0 Å². The van der Waals surface area contributed by atoms with E-state index in [9.17, 15) is 9.59 Å². The van der Waals surface area contributed by atoms with Crippen molar-refractivity contribution < 1.29 is 9.59 Å². The SMILES string of the molecule is C.C.CCC(=O)C[Se]CCN(C)CC[Se]CC(=O)NC.CC[Se]CCN(C)CC[Se]CC. The van der Waals surface area contributed by atoms with Crippen LogP contribution >= 0.6 is 0 Å². The van der Waals surface area contributed by atoms with Crippen molar-refractivity contribution in [3.63, 3.8) is 0 Å². The van der Waals surface area contributed by atoms with Gasteiger partial charge in [0.25, 0.3) is 0 Å². The van der Waals surface area contributed by atoms with Gasteiger partial charge < -0.3 is 0 Å². The Balaban J connectivity index is -0.000000247. The van der Waals surface area contributed by atoms with Gasteiger partial charge in [-0.15, -0.1) is 0 Å². The van der Waals surface area contributed by atoms with Gasteiger partial charge in [0.1, 0.15) is 0 Å². The van der Waals surface area contributed by atoms with Crippen LogP contribution in [0.1, 0.15) is 42.0 Å². The molecular formula is C23H53N3O2Se4. The fourth-order valence-corrected chi connectivity index (χ4v) is 9.03. The van der Waals surface area contributed by atoms with Crippen LogP contribution in [0.25, 0.3) is 0 Å². The van der Waals surface area contributed by atoms with E-state index in [0.717, 1.165) is 59.0 Å². The third-order valence-electron chi connectivity index (χ3n) is 4.05. The van der Waals surface area contributed by atoms with Gasteiger partial charge in [-0.1, -0.05) is 14.9 Å². The summed E-state index contributed by atoms with van der Waals surface area (Å²) in [5.74, 6) is 0.547. The van der Waals surface area contributed by atoms with Gasteiger partial charge in [0.15, 0.2) is 0 Å². The van der Waals surface area contributed by atoms with E-state index >= 15 is 0 Å². The van der Waals surface area contributed by atoms with E-state index in [2.05, 4.69) is 43.1 Å². The van der Waals surface area contributed by atoms with Gasteiger partial charge in [-0.3, -0.25) is 0 Å². The summed E-state index contributed by atoms with van der Waals surface area (Å²) in [5, 5.41) is 12.1. The molecule has 0 aliphatic heterocycles. The second-order valence-electron chi connectivity index (χ2n) is 6.67. The first-order valence-corrected chi connectivity index (χ1v) is 20.5. The third kappa shape index (κ3) is 33.3. The van der Waals surface area contributed by atoms with Gasteiger partial charge >= 0.3 is 213 Å². The molecule has 0 aromatic heterocycles. The molecule has 0 spiro atoms. The van der Waals surface area contributed by atoms with Gasteiger partial charge in [0.05, 0.1) is 0 Å². The molecule has 196 valence electrons. The van der Waals surface area contributed by atoms with E-state index in [4.69, 9.17) is 0 Å². The van der Waals surface area contributed by atoms with Crippen molar-refractivity contribution in [3.05, 3.63) is 0 Å². The van der Waals surface area contributed by atoms with Crippen molar-refractivity contribution in [2.75, 3.05) is 47.3 Å². The number of Topliss-reactive ketones (excluding diaryl/α,β-unsaturated/α-hetero) is 1. The maximum absolute atomic E-state index is 11.1. The molecule has 0 radical (unpaired) electrons. The first kappa shape index (κ1) is 40.3. The molecule has 0 bridgehead atoms. The fraction of sp³-hybridized carbons (Fsp3) is 0.913. The molecule has 0 fully saturated rings. The van der Waals surface area contributed by atoms with E-state index in [-0.39, 0.29) is 20.8 Å². The molecule has 9 heteroatoms. The number of carbonyl (C=O) groups is 2. The predicted octanol–water partition coefficient (Wildman–Crippen LogP) is 4.04. The average molecular weight is 720 g/mol. The summed E-state index contributed by atoms with van der Waals surface area (Å²) in [4.78, 5) is 27.0. The third-order valence-corrected chi connectivity index (χ3v) is 11.8. The summed E-state index contributed by atoms with van der Waals surface area (Å²) in [6.45, 7) is 11.3. The summed E-state index contributed by atoms with van der Waals surface area (Å²) in [7, 11) is 6.06. The number of amides is 1. The Morgan fingerprint density at radius 3 is 1.41 bits per heavy atom. The van der Waals surface area contributed by atoms with Crippen molar-refractivity contribution in [3.8, 4) is 0 Å². The Bertz CT molecular complexity index is 371. The zero-order valence-corrected chi connectivity index (χ0v) is 26.9. The Morgan fingerprint density at radius 1 is 0.688 bits per heavy atom. The summed E-state index contributed by atoms with van der Waals surface area (Å²) in [6.07, 6.45) is 0.680. The summed E-state index contributed by atoms with van der Waals surface area (Å²) < 4.78 is 0. The van der Waals surface area contributed by atoms with Crippen LogP contribution in [0.5, 0.6) is 0 Å². The summed E-state index contributed by atoms with van der Waals surface area (Å²) in [5.41, 5.74) is 0. The molecule has 5 nitrogen and oxygen atoms in total. The first-order chi connectivity index (χ1) is 14.4. The molecule has 0 saturated carbocycles. The molecule has 0 atom stereocenters. The monoisotopic (exact) mass is 723 g/mol. The maximum atomic E-state index is 11.1. The van der Waals surface area contributed by atoms with Crippen LogP contribution in [0.3, 0.4) is 0 Å². The summed E-state index contributed by atoms with van der Waals surface area (Å²) in [6, 6.07) is 0. The number of hydrogen-bond donors (Lipinski definition) is 1. The Kier molecular flexibility index (Phi) is 40.5. The molecule has 0 aliphatic carbocycles. The number of carbonyl (C=O) groups excluding carboxylic acids is 2. The van der Waals surface area contributed by atoms with Crippen LogP contribution in [0.15, 0.2) is 0 Å². The van der Waals surface area contributed by atoms with Gasteiger partial charge in [0, 0.05) is 0 Å². The Labute approximate surface area is 226 Å². The van der Waals surface area contributed by atoms with Crippen molar-refractivity contribution >= 4 is 71.5 Å². The molecule has 0 heterocycles. The second kappa shape index (κ2) is 32.1. The van der Waals surface area contributed by atoms with Gasteiger partial charge in [0.2, 0.25) is 0 Å². The minimum absolute atomic E-state index is 0. The van der Waals surface area contributed by atoms with E-state index in [1.54, 1.807) is 7.05 Å². The van der Waals surface area contributed by atoms with Crippen molar-refractivity contribution in [2.45, 2.75) is 84.6 Å². The number of nitrogens with zero attached hydrogens (tertiary/aromatic N) is 2. The van der Waals surface area contributed by atoms with Crippen LogP contribution < -0.4 is 5.32 Å². The first-order valence-electron chi connectivity index (χ1n) is 10.8. The van der Waals surface area contributed by atoms with Crippen LogP contribution in [0, 0.1) is 0 Å². The summed E-state index contributed by atoms with van der Waals surface area (Å²) >= 11 is 2.70. The van der Waals surface area contributed by atoms with Gasteiger partial charge in [-0.2, -0.15) is 0 Å². The molecule has 0 rings (SSSR count). The van der Waals surface area contributed by atoms with E-state index in [1.165, 1.54) is 34.4 Å². The molecule has 0 aliphatic rings. The molecule has 1 amide bonds. The molecule has 0 saturated heterocycles. The molecule has 0 aromatic rings. The Morgan fingerprint density at radius 2 is 1.06 bits per heavy atom. The number of hydrogen-bond acceptors (Lipinski definition) is 4. The second-order valence-corrected chi connectivity index (χ2v) is 17.2. The standard InChI is InChI=1S/C12H24N2O2Se2.C9H21NSe2.2CH4/c1-4-11(15)9-17-7-5-14(3)6-8-18-10-12(16)13-2;1-4-11-8-6-10(3)7-9-12-5-2;;/h4-10H2,1-3H3,(H,13,16);4-9H2,1-3H3;2*1H4. The number of nitrogens with one attached hydrogen (secondary N) is 1. The van der Waals surface area contributed by atoms with Crippen LogP contribution in [-0.4, -0.2) is 129 Å². The molecular weight excluding hydrogens is 666 g/mol. The van der Waals surface area contributed by atoms with E-state index < -0.39 is 0 Å². The molecule has 32 heavy (non-hydrogen) atoms.